The summed E-state index contributed by atoms with van der Waals surface area (Å²) in [7, 11) is 0. The third-order valence-electron chi connectivity index (χ3n) is 10.6. The van der Waals surface area contributed by atoms with Gasteiger partial charge in [-0.3, -0.25) is 0 Å². The Balaban J connectivity index is 1.57. The van der Waals surface area contributed by atoms with Crippen molar-refractivity contribution in [1.82, 2.24) is 8.80 Å². The van der Waals surface area contributed by atoms with Crippen LogP contribution in [0.25, 0.3) is 76.2 Å². The van der Waals surface area contributed by atoms with Crippen molar-refractivity contribution in [2.45, 2.75) is 78.6 Å². The summed E-state index contributed by atoms with van der Waals surface area (Å²) in [6, 6.07) is 25.5. The lowest BCUT2D eigenvalue weighted by Gasteiger charge is -2.20. The molecule has 0 spiro atoms. The van der Waals surface area contributed by atoms with E-state index < -0.39 is 0 Å². The minimum absolute atomic E-state index is 0.00668. The molecule has 1 N–H and O–H groups in total. The Morgan fingerprint density at radius 2 is 0.848 bits per heavy atom. The first-order valence-corrected chi connectivity index (χ1v) is 17.2. The Bertz CT molecular complexity index is 2750. The maximum Gasteiger partial charge on any atom is 0.139 e. The van der Waals surface area contributed by atoms with Gasteiger partial charge in [0.25, 0.3) is 0 Å². The second-order valence-corrected chi connectivity index (χ2v) is 17.5. The Labute approximate surface area is 277 Å². The summed E-state index contributed by atoms with van der Waals surface area (Å²) < 4.78 is 5.63. The number of hydrogen-bond acceptors (Lipinski definition) is 1. The molecule has 9 aromatic rings. The quantitative estimate of drug-likeness (QED) is 0.171. The van der Waals surface area contributed by atoms with E-state index in [4.69, 9.17) is 0 Å². The standard InChI is InChI=1S/C42H39BrN2O/c1-40(2,3)21-10-12-30-24(16-21)25-17-22(41(4,5)6)18-26-34-31(44(30)37(25)26)14-15-32-35(34)27-19-23(42(7,8)9)20-28-36-33(45(32)38(27)28)13-11-29(43)39(36)46/h10-20,46H,1-9H3. The summed E-state index contributed by atoms with van der Waals surface area (Å²) in [6.07, 6.45) is 0. The number of aromatic hydroxyl groups is 1. The van der Waals surface area contributed by atoms with E-state index in [9.17, 15) is 5.11 Å². The van der Waals surface area contributed by atoms with Gasteiger partial charge in [-0.25, -0.2) is 0 Å². The van der Waals surface area contributed by atoms with Crippen molar-refractivity contribution >= 4 is 92.1 Å². The Morgan fingerprint density at radius 1 is 0.457 bits per heavy atom. The van der Waals surface area contributed by atoms with E-state index in [0.717, 1.165) is 20.8 Å². The summed E-state index contributed by atoms with van der Waals surface area (Å²) in [5.74, 6) is 0.305. The lowest BCUT2D eigenvalue weighted by atomic mass is 9.84. The molecule has 9 rings (SSSR count). The SMILES string of the molecule is CC(C)(C)c1ccc2c(c1)c1cc(C(C)(C)C)cc3c4c5c6cc(C(C)(C)C)cc7c8c(O)c(Br)ccc8n(c5ccc4n2c13)c76. The van der Waals surface area contributed by atoms with Gasteiger partial charge in [0.05, 0.1) is 43.0 Å². The molecular formula is C42H39BrN2O. The number of phenols is 1. The number of hydrogen-bond donors (Lipinski definition) is 1. The zero-order valence-electron chi connectivity index (χ0n) is 28.1. The van der Waals surface area contributed by atoms with E-state index in [1.54, 1.807) is 0 Å². The minimum Gasteiger partial charge on any atom is -0.506 e. The summed E-state index contributed by atoms with van der Waals surface area (Å²) in [5, 5.41) is 21.2. The molecule has 5 aromatic carbocycles. The van der Waals surface area contributed by atoms with Crippen molar-refractivity contribution in [2.24, 2.45) is 0 Å². The van der Waals surface area contributed by atoms with Crippen LogP contribution in [0.5, 0.6) is 5.75 Å². The van der Waals surface area contributed by atoms with Gasteiger partial charge in [0.15, 0.2) is 0 Å². The second kappa shape index (κ2) is 8.46. The van der Waals surface area contributed by atoms with Crippen molar-refractivity contribution in [2.75, 3.05) is 0 Å². The fourth-order valence-corrected chi connectivity index (χ4v) is 8.38. The lowest BCUT2D eigenvalue weighted by molar-refractivity contribution is 0.478. The first-order valence-electron chi connectivity index (χ1n) is 16.4. The van der Waals surface area contributed by atoms with E-state index in [1.165, 1.54) is 76.6 Å². The predicted molar refractivity (Wildman–Crippen MR) is 201 cm³/mol. The maximum atomic E-state index is 11.4. The number of aromatic nitrogens is 2. The van der Waals surface area contributed by atoms with Gasteiger partial charge in [-0.15, -0.1) is 0 Å². The highest BCUT2D eigenvalue weighted by atomic mass is 79.9. The van der Waals surface area contributed by atoms with E-state index in [-0.39, 0.29) is 16.2 Å². The molecule has 0 aliphatic carbocycles. The zero-order valence-corrected chi connectivity index (χ0v) is 29.7. The highest BCUT2D eigenvalue weighted by molar-refractivity contribution is 9.10. The van der Waals surface area contributed by atoms with Gasteiger partial charge in [0, 0.05) is 37.7 Å². The summed E-state index contributed by atoms with van der Waals surface area (Å²) >= 11 is 3.60. The van der Waals surface area contributed by atoms with Gasteiger partial charge in [-0.05, 0) is 110 Å². The highest BCUT2D eigenvalue weighted by Gasteiger charge is 2.29. The second-order valence-electron chi connectivity index (χ2n) is 16.6. The van der Waals surface area contributed by atoms with Crippen LogP contribution in [0.15, 0.2) is 71.2 Å². The molecular weight excluding hydrogens is 628 g/mol. The molecule has 0 atom stereocenters. The molecule has 4 heteroatoms. The van der Waals surface area contributed by atoms with Gasteiger partial charge in [0.2, 0.25) is 0 Å². The van der Waals surface area contributed by atoms with Crippen LogP contribution >= 0.6 is 15.9 Å². The van der Waals surface area contributed by atoms with Crippen molar-refractivity contribution in [3.05, 3.63) is 87.9 Å². The minimum atomic E-state index is -0.0624. The third-order valence-corrected chi connectivity index (χ3v) is 11.2. The molecule has 0 aliphatic rings. The number of halogens is 1. The Kier molecular flexibility index (Phi) is 5.19. The molecule has 0 aliphatic heterocycles. The number of benzene rings is 5. The normalized spacial score (nSPS) is 14.0. The number of nitrogens with zero attached hydrogens (tertiary/aromatic N) is 2. The van der Waals surface area contributed by atoms with Crippen molar-refractivity contribution < 1.29 is 5.11 Å². The largest absolute Gasteiger partial charge is 0.506 e. The smallest absolute Gasteiger partial charge is 0.139 e. The van der Waals surface area contributed by atoms with Gasteiger partial charge >= 0.3 is 0 Å². The van der Waals surface area contributed by atoms with Gasteiger partial charge in [-0.1, -0.05) is 68.4 Å². The number of fused-ring (bicyclic) bond motifs is 13. The lowest BCUT2D eigenvalue weighted by Crippen LogP contribution is -2.11. The van der Waals surface area contributed by atoms with Gasteiger partial charge in [0.1, 0.15) is 5.75 Å². The summed E-state index contributed by atoms with van der Waals surface area (Å²) in [6.45, 7) is 20.7. The predicted octanol–water partition coefficient (Wildman–Crippen LogP) is 12.3. The number of phenolic OH excluding ortho intramolecular Hbond substituents is 1. The Morgan fingerprint density at radius 3 is 1.39 bits per heavy atom. The first kappa shape index (κ1) is 28.2. The monoisotopic (exact) mass is 666 g/mol. The van der Waals surface area contributed by atoms with Gasteiger partial charge < -0.3 is 13.9 Å². The van der Waals surface area contributed by atoms with Crippen molar-refractivity contribution in [3.8, 4) is 5.75 Å². The zero-order chi connectivity index (χ0) is 32.4. The molecule has 0 saturated carbocycles. The van der Waals surface area contributed by atoms with E-state index in [1.807, 2.05) is 6.07 Å². The Hall–Kier alpha value is -4.02. The van der Waals surface area contributed by atoms with Crippen LogP contribution in [-0.2, 0) is 16.2 Å². The van der Waals surface area contributed by atoms with Crippen molar-refractivity contribution in [1.29, 1.82) is 0 Å². The molecule has 0 radical (unpaired) electrons. The van der Waals surface area contributed by atoms with Gasteiger partial charge in [-0.2, -0.15) is 0 Å². The molecule has 0 amide bonds. The van der Waals surface area contributed by atoms with Crippen LogP contribution in [0.4, 0.5) is 0 Å². The molecule has 4 heterocycles. The van der Waals surface area contributed by atoms with E-state index in [2.05, 4.69) is 148 Å². The summed E-state index contributed by atoms with van der Waals surface area (Å²) in [4.78, 5) is 0. The molecule has 0 bridgehead atoms. The molecule has 4 aromatic heterocycles. The summed E-state index contributed by atoms with van der Waals surface area (Å²) in [5.41, 5.74) is 11.2. The molecule has 46 heavy (non-hydrogen) atoms. The average molecular weight is 668 g/mol. The number of rotatable bonds is 0. The highest BCUT2D eigenvalue weighted by Crippen LogP contribution is 2.50. The van der Waals surface area contributed by atoms with Crippen LogP contribution in [0, 0.1) is 0 Å². The maximum absolute atomic E-state index is 11.4. The fraction of sp³-hybridized carbons (Fsp3) is 0.286. The molecule has 0 unspecified atom stereocenters. The van der Waals surface area contributed by atoms with Crippen LogP contribution in [0.3, 0.4) is 0 Å². The molecule has 3 nitrogen and oxygen atoms in total. The van der Waals surface area contributed by atoms with Crippen LogP contribution < -0.4 is 0 Å². The van der Waals surface area contributed by atoms with Crippen LogP contribution in [-0.4, -0.2) is 13.9 Å². The molecule has 0 saturated heterocycles. The fourth-order valence-electron chi connectivity index (χ4n) is 8.05. The van der Waals surface area contributed by atoms with E-state index >= 15 is 0 Å². The average Bonchev–Trinajstić information content (AvgIpc) is 3.69. The van der Waals surface area contributed by atoms with Crippen LogP contribution in [0.2, 0.25) is 0 Å². The topological polar surface area (TPSA) is 29.1 Å². The third kappa shape index (κ3) is 3.44. The van der Waals surface area contributed by atoms with E-state index in [0.29, 0.717) is 5.75 Å². The molecule has 0 fully saturated rings. The van der Waals surface area contributed by atoms with Crippen LogP contribution in [0.1, 0.15) is 79.0 Å². The first-order chi connectivity index (χ1) is 21.6. The van der Waals surface area contributed by atoms with Crippen molar-refractivity contribution in [3.63, 3.8) is 0 Å². The molecule has 230 valence electrons.